The Morgan fingerprint density at radius 3 is 2.92 bits per heavy atom. The second kappa shape index (κ2) is 3.88. The first-order valence-corrected chi connectivity index (χ1v) is 3.76. The molecule has 1 atom stereocenters. The maximum Gasteiger partial charge on any atom is 0.246 e. The van der Waals surface area contributed by atoms with Crippen LogP contribution in [0, 0.1) is 0 Å². The van der Waals surface area contributed by atoms with Crippen LogP contribution in [-0.2, 0) is 6.54 Å². The van der Waals surface area contributed by atoms with E-state index in [2.05, 4.69) is 13.2 Å². The number of hydrogen-bond donors (Lipinski definition) is 1. The molecule has 0 saturated carbocycles. The van der Waals surface area contributed by atoms with Crippen LogP contribution in [0.15, 0.2) is 44.0 Å². The first-order valence-electron chi connectivity index (χ1n) is 3.76. The molecule has 12 heavy (non-hydrogen) atoms. The summed E-state index contributed by atoms with van der Waals surface area (Å²) in [6.07, 6.45) is 8.08. The standard InChI is InChI=1S/C9H13N2O/c1-3-5-10-6-7-11(8-10)9(12)4-2/h3-4,6-9,12H,1-2,5H2/q+1. The third kappa shape index (κ3) is 1.83. The second-order valence-electron chi connectivity index (χ2n) is 2.50. The molecule has 0 radical (unpaired) electrons. The molecule has 3 heteroatoms. The zero-order valence-electron chi connectivity index (χ0n) is 6.93. The largest absolute Gasteiger partial charge is 0.352 e. The topological polar surface area (TPSA) is 29.0 Å². The maximum absolute atomic E-state index is 9.32. The molecule has 0 aliphatic carbocycles. The summed E-state index contributed by atoms with van der Waals surface area (Å²) in [6, 6.07) is 0. The van der Waals surface area contributed by atoms with Crippen LogP contribution in [-0.4, -0.2) is 9.67 Å². The third-order valence-corrected chi connectivity index (χ3v) is 1.57. The minimum absolute atomic E-state index is 0.643. The fourth-order valence-corrected chi connectivity index (χ4v) is 0.946. The van der Waals surface area contributed by atoms with Crippen molar-refractivity contribution >= 4 is 0 Å². The molecular weight excluding hydrogens is 152 g/mol. The van der Waals surface area contributed by atoms with Gasteiger partial charge in [0.2, 0.25) is 12.6 Å². The summed E-state index contributed by atoms with van der Waals surface area (Å²) in [6.45, 7) is 7.86. The van der Waals surface area contributed by atoms with Gasteiger partial charge in [-0.25, -0.2) is 9.13 Å². The van der Waals surface area contributed by atoms with E-state index in [1.54, 1.807) is 23.2 Å². The Hall–Kier alpha value is -1.35. The van der Waals surface area contributed by atoms with Gasteiger partial charge in [0.15, 0.2) is 0 Å². The van der Waals surface area contributed by atoms with E-state index < -0.39 is 6.23 Å². The third-order valence-electron chi connectivity index (χ3n) is 1.57. The van der Waals surface area contributed by atoms with Crippen LogP contribution in [0.5, 0.6) is 0 Å². The lowest BCUT2D eigenvalue weighted by atomic mass is 10.5. The molecule has 0 aromatic carbocycles. The molecule has 1 aromatic rings. The Balaban J connectivity index is 2.75. The molecule has 0 bridgehead atoms. The van der Waals surface area contributed by atoms with Gasteiger partial charge in [0.05, 0.1) is 0 Å². The Bertz CT molecular complexity index is 278. The van der Waals surface area contributed by atoms with Crippen LogP contribution in [0.4, 0.5) is 0 Å². The molecule has 1 aromatic heterocycles. The van der Waals surface area contributed by atoms with Crippen LogP contribution in [0.25, 0.3) is 0 Å². The number of aliphatic hydroxyl groups is 1. The van der Waals surface area contributed by atoms with Crippen LogP contribution < -0.4 is 4.57 Å². The van der Waals surface area contributed by atoms with Gasteiger partial charge in [0, 0.05) is 0 Å². The summed E-state index contributed by atoms with van der Waals surface area (Å²) in [5, 5.41) is 9.32. The van der Waals surface area contributed by atoms with E-state index in [0.717, 1.165) is 6.54 Å². The Morgan fingerprint density at radius 2 is 2.33 bits per heavy atom. The predicted octanol–water partition coefficient (Wildman–Crippen LogP) is 0.639. The lowest BCUT2D eigenvalue weighted by Crippen LogP contribution is -2.29. The fraction of sp³-hybridized carbons (Fsp3) is 0.222. The van der Waals surface area contributed by atoms with Crippen molar-refractivity contribution in [2.45, 2.75) is 12.8 Å². The van der Waals surface area contributed by atoms with E-state index in [4.69, 9.17) is 0 Å². The van der Waals surface area contributed by atoms with Gasteiger partial charge in [-0.3, -0.25) is 0 Å². The lowest BCUT2D eigenvalue weighted by Gasteiger charge is -1.97. The summed E-state index contributed by atoms with van der Waals surface area (Å²) >= 11 is 0. The molecule has 0 fully saturated rings. The number of rotatable bonds is 4. The first-order chi connectivity index (χ1) is 5.77. The van der Waals surface area contributed by atoms with E-state index in [9.17, 15) is 5.11 Å². The Morgan fingerprint density at radius 1 is 1.58 bits per heavy atom. The quantitative estimate of drug-likeness (QED) is 0.515. The van der Waals surface area contributed by atoms with Gasteiger partial charge in [0.25, 0.3) is 0 Å². The monoisotopic (exact) mass is 165 g/mol. The average Bonchev–Trinajstić information content (AvgIpc) is 2.52. The number of imidazole rings is 1. The molecule has 0 aliphatic heterocycles. The number of hydrogen-bond acceptors (Lipinski definition) is 1. The van der Waals surface area contributed by atoms with Gasteiger partial charge in [0.1, 0.15) is 18.9 Å². The molecule has 1 rings (SSSR count). The minimum Gasteiger partial charge on any atom is -0.352 e. The van der Waals surface area contributed by atoms with Crippen LogP contribution in [0.3, 0.4) is 0 Å². The molecule has 0 spiro atoms. The number of aliphatic hydroxyl groups excluding tert-OH is 1. The SMILES string of the molecule is C=CC[n+]1ccn(C(O)C=C)c1. The van der Waals surface area contributed by atoms with E-state index in [1.165, 1.54) is 6.08 Å². The second-order valence-corrected chi connectivity index (χ2v) is 2.50. The van der Waals surface area contributed by atoms with Crippen LogP contribution in [0.1, 0.15) is 6.23 Å². The normalized spacial score (nSPS) is 12.4. The highest BCUT2D eigenvalue weighted by Gasteiger charge is 2.07. The van der Waals surface area contributed by atoms with Crippen molar-refractivity contribution in [3.63, 3.8) is 0 Å². The lowest BCUT2D eigenvalue weighted by molar-refractivity contribution is -0.686. The summed E-state index contributed by atoms with van der Waals surface area (Å²) < 4.78 is 3.58. The van der Waals surface area contributed by atoms with E-state index in [-0.39, 0.29) is 0 Å². The highest BCUT2D eigenvalue weighted by atomic mass is 16.3. The van der Waals surface area contributed by atoms with E-state index >= 15 is 0 Å². The molecule has 0 aliphatic rings. The fourth-order valence-electron chi connectivity index (χ4n) is 0.946. The smallest absolute Gasteiger partial charge is 0.246 e. The van der Waals surface area contributed by atoms with Gasteiger partial charge in [-0.05, 0) is 6.08 Å². The van der Waals surface area contributed by atoms with Gasteiger partial charge >= 0.3 is 0 Å². The van der Waals surface area contributed by atoms with Gasteiger partial charge < -0.3 is 5.11 Å². The number of allylic oxidation sites excluding steroid dienone is 1. The van der Waals surface area contributed by atoms with Crippen molar-refractivity contribution in [2.24, 2.45) is 0 Å². The van der Waals surface area contributed by atoms with Gasteiger partial charge in [-0.1, -0.05) is 19.2 Å². The van der Waals surface area contributed by atoms with Crippen molar-refractivity contribution in [1.29, 1.82) is 0 Å². The Kier molecular flexibility index (Phi) is 2.82. The molecule has 64 valence electrons. The Labute approximate surface area is 71.9 Å². The molecule has 3 nitrogen and oxygen atoms in total. The van der Waals surface area contributed by atoms with Crippen molar-refractivity contribution in [3.8, 4) is 0 Å². The molecule has 1 N–H and O–H groups in total. The zero-order chi connectivity index (χ0) is 8.97. The first kappa shape index (κ1) is 8.74. The van der Waals surface area contributed by atoms with Crippen molar-refractivity contribution < 1.29 is 9.67 Å². The highest BCUT2D eigenvalue weighted by molar-refractivity contribution is 4.80. The van der Waals surface area contributed by atoms with Gasteiger partial charge in [-0.15, -0.1) is 0 Å². The number of nitrogens with zero attached hydrogens (tertiary/aromatic N) is 2. The van der Waals surface area contributed by atoms with E-state index in [0.29, 0.717) is 0 Å². The van der Waals surface area contributed by atoms with Gasteiger partial charge in [-0.2, -0.15) is 0 Å². The number of aromatic nitrogens is 2. The molecule has 1 heterocycles. The zero-order valence-corrected chi connectivity index (χ0v) is 6.93. The maximum atomic E-state index is 9.32. The van der Waals surface area contributed by atoms with E-state index in [1.807, 2.05) is 10.8 Å². The van der Waals surface area contributed by atoms with Crippen LogP contribution >= 0.6 is 0 Å². The molecule has 0 amide bonds. The van der Waals surface area contributed by atoms with Crippen LogP contribution in [0.2, 0.25) is 0 Å². The van der Waals surface area contributed by atoms with Crippen molar-refractivity contribution in [1.82, 2.24) is 4.57 Å². The van der Waals surface area contributed by atoms with Crippen molar-refractivity contribution in [2.75, 3.05) is 0 Å². The summed E-state index contributed by atoms with van der Waals surface area (Å²) in [7, 11) is 0. The summed E-state index contributed by atoms with van der Waals surface area (Å²) in [5.74, 6) is 0. The average molecular weight is 165 g/mol. The molecular formula is C9H13N2O+. The molecule has 0 saturated heterocycles. The highest BCUT2D eigenvalue weighted by Crippen LogP contribution is 1.99. The summed E-state index contributed by atoms with van der Waals surface area (Å²) in [5.41, 5.74) is 0. The summed E-state index contributed by atoms with van der Waals surface area (Å²) in [4.78, 5) is 0. The predicted molar refractivity (Wildman–Crippen MR) is 46.3 cm³/mol. The van der Waals surface area contributed by atoms with Crippen molar-refractivity contribution in [3.05, 3.63) is 44.0 Å². The molecule has 1 unspecified atom stereocenters. The minimum atomic E-state index is -0.643.